The molecular formula is C20H25N11O10P2S2. The summed E-state index contributed by atoms with van der Waals surface area (Å²) in [5.41, 5.74) is 8.89. The smallest absolute Gasteiger partial charge is 0.326 e. The fraction of sp³-hybridized carbons (Fsp3) is 0.550. The van der Waals surface area contributed by atoms with Gasteiger partial charge in [-0.15, -0.1) is 5.10 Å². The van der Waals surface area contributed by atoms with Crippen LogP contribution in [0, 0.1) is 0 Å². The summed E-state index contributed by atoms with van der Waals surface area (Å²) in [7, 11) is 0. The van der Waals surface area contributed by atoms with Crippen molar-refractivity contribution in [3.05, 3.63) is 23.0 Å². The fourth-order valence-electron chi connectivity index (χ4n) is 5.58. The number of fused-ring (bicyclic) bond motifs is 4. The fourth-order valence-corrected chi connectivity index (χ4v) is 7.79. The van der Waals surface area contributed by atoms with E-state index >= 15 is 0 Å². The van der Waals surface area contributed by atoms with Gasteiger partial charge in [-0.1, -0.05) is 5.21 Å². The van der Waals surface area contributed by atoms with E-state index in [2.05, 4.69) is 47.0 Å². The van der Waals surface area contributed by atoms with E-state index in [0.29, 0.717) is 17.6 Å². The third-order valence-electron chi connectivity index (χ3n) is 7.50. The predicted molar refractivity (Wildman–Crippen MR) is 158 cm³/mol. The van der Waals surface area contributed by atoms with E-state index in [4.69, 9.17) is 51.1 Å². The molecule has 7 rings (SSSR count). The molecule has 4 aromatic rings. The summed E-state index contributed by atoms with van der Waals surface area (Å²) in [5, 5.41) is 7.90. The Morgan fingerprint density at radius 1 is 1.09 bits per heavy atom. The van der Waals surface area contributed by atoms with Crippen LogP contribution in [0.15, 0.2) is 17.4 Å². The number of aromatic nitrogens is 9. The first-order valence-electron chi connectivity index (χ1n) is 13.1. The molecule has 4 aromatic heterocycles. The van der Waals surface area contributed by atoms with Crippen LogP contribution in [0.5, 0.6) is 0 Å². The number of nitrogens with zero attached hydrogens (tertiary/aromatic N) is 8. The summed E-state index contributed by atoms with van der Waals surface area (Å²) in [6, 6.07) is 0. The lowest BCUT2D eigenvalue weighted by molar-refractivity contribution is -0.181. The van der Waals surface area contributed by atoms with Crippen molar-refractivity contribution in [2.45, 2.75) is 42.6 Å². The van der Waals surface area contributed by atoms with Crippen LogP contribution in [0.3, 0.4) is 0 Å². The molecule has 0 aliphatic carbocycles. The monoisotopic (exact) mass is 705 g/mol. The highest BCUT2D eigenvalue weighted by molar-refractivity contribution is 8.07. The molecule has 6 atom stereocenters. The molecule has 0 radical (unpaired) electrons. The molecule has 45 heavy (non-hydrogen) atoms. The number of nitrogen functional groups attached to an aromatic ring is 2. The van der Waals surface area contributed by atoms with Crippen LogP contribution in [0.25, 0.3) is 22.3 Å². The van der Waals surface area contributed by atoms with E-state index in [9.17, 15) is 19.5 Å². The molecule has 3 aliphatic rings. The van der Waals surface area contributed by atoms with Gasteiger partial charge < -0.3 is 49.4 Å². The Kier molecular flexibility index (Phi) is 7.56. The Morgan fingerprint density at radius 3 is 2.71 bits per heavy atom. The molecule has 21 nitrogen and oxygen atoms in total. The molecule has 2 bridgehead atoms. The Balaban J connectivity index is 1.13. The molecule has 1 unspecified atom stereocenters. The van der Waals surface area contributed by atoms with Gasteiger partial charge in [0.1, 0.15) is 23.5 Å². The number of hydrogen-bond donors (Lipinski definition) is 6. The molecule has 0 amide bonds. The second-order valence-electron chi connectivity index (χ2n) is 10.7. The summed E-state index contributed by atoms with van der Waals surface area (Å²) in [6.45, 7) is -8.91. The zero-order valence-corrected chi connectivity index (χ0v) is 26.2. The van der Waals surface area contributed by atoms with Crippen LogP contribution in [0.1, 0.15) is 19.1 Å². The van der Waals surface area contributed by atoms with Crippen LogP contribution in [-0.2, 0) is 57.1 Å². The zero-order valence-electron chi connectivity index (χ0n) is 22.8. The van der Waals surface area contributed by atoms with Crippen molar-refractivity contribution in [1.82, 2.24) is 44.5 Å². The Morgan fingerprint density at radius 2 is 1.91 bits per heavy atom. The lowest BCUT2D eigenvalue weighted by Gasteiger charge is -2.34. The topological polar surface area (TPSA) is 288 Å². The van der Waals surface area contributed by atoms with Crippen molar-refractivity contribution in [2.75, 3.05) is 37.9 Å². The van der Waals surface area contributed by atoms with Crippen molar-refractivity contribution in [2.24, 2.45) is 0 Å². The molecule has 0 aromatic carbocycles. The lowest BCUT2D eigenvalue weighted by Crippen LogP contribution is -2.41. The highest BCUT2D eigenvalue weighted by Crippen LogP contribution is 2.55. The van der Waals surface area contributed by atoms with E-state index in [0.717, 1.165) is 4.68 Å². The van der Waals surface area contributed by atoms with Gasteiger partial charge in [0.25, 0.3) is 5.56 Å². The van der Waals surface area contributed by atoms with Gasteiger partial charge in [0.15, 0.2) is 34.6 Å². The minimum atomic E-state index is -4.17. The van der Waals surface area contributed by atoms with Crippen molar-refractivity contribution < 1.29 is 42.5 Å². The molecule has 3 fully saturated rings. The van der Waals surface area contributed by atoms with E-state index in [-0.39, 0.29) is 61.9 Å². The SMILES string of the molecule is Nc1nc2c(nnn2[C@]2(OP(O)(=S)OC[C@]34CO[C@H](C3)[C@H](n3cnc5c(N)ncnc53)O4)CO[C@H](COP(O)(O)=S)C2)c(=O)[nH]1. The van der Waals surface area contributed by atoms with Crippen LogP contribution in [-0.4, -0.2) is 103 Å². The normalized spacial score (nSPS) is 29.6. The summed E-state index contributed by atoms with van der Waals surface area (Å²) < 4.78 is 37.7. The number of nitrogens with one attached hydrogen (secondary N) is 1. The average Bonchev–Trinajstić information content (AvgIpc) is 3.78. The van der Waals surface area contributed by atoms with Crippen molar-refractivity contribution in [3.8, 4) is 0 Å². The van der Waals surface area contributed by atoms with Crippen LogP contribution >= 0.6 is 13.4 Å². The van der Waals surface area contributed by atoms with Gasteiger partial charge in [-0.25, -0.2) is 15.0 Å². The van der Waals surface area contributed by atoms with Crippen molar-refractivity contribution >= 4 is 71.1 Å². The second-order valence-corrected chi connectivity index (χ2v) is 16.1. The number of aromatic amines is 1. The van der Waals surface area contributed by atoms with Gasteiger partial charge in [0.05, 0.1) is 38.9 Å². The Hall–Kier alpha value is -2.63. The number of H-pyrrole nitrogens is 1. The minimum Gasteiger partial charge on any atom is -0.382 e. The molecular weight excluding hydrogens is 680 g/mol. The van der Waals surface area contributed by atoms with Crippen LogP contribution in [0.2, 0.25) is 0 Å². The summed E-state index contributed by atoms with van der Waals surface area (Å²) in [4.78, 5) is 61.8. The number of imidazole rings is 1. The van der Waals surface area contributed by atoms with Gasteiger partial charge in [-0.05, 0) is 23.6 Å². The minimum absolute atomic E-state index is 0.0875. The molecule has 3 saturated heterocycles. The van der Waals surface area contributed by atoms with Gasteiger partial charge in [-0.3, -0.25) is 18.9 Å². The number of hydrogen-bond acceptors (Lipinski definition) is 17. The largest absolute Gasteiger partial charge is 0.382 e. The van der Waals surface area contributed by atoms with E-state index in [1.54, 1.807) is 4.57 Å². The lowest BCUT2D eigenvalue weighted by atomic mass is 10.0. The quantitative estimate of drug-likeness (QED) is 0.102. The number of anilines is 2. The molecule has 0 saturated carbocycles. The molecule has 7 heterocycles. The number of nitrogens with two attached hydrogens (primary N) is 2. The molecule has 8 N–H and O–H groups in total. The molecule has 0 spiro atoms. The first-order chi connectivity index (χ1) is 21.3. The third kappa shape index (κ3) is 5.78. The highest BCUT2D eigenvalue weighted by atomic mass is 32.5. The van der Waals surface area contributed by atoms with E-state index in [1.165, 1.54) is 12.7 Å². The summed E-state index contributed by atoms with van der Waals surface area (Å²) >= 11 is 9.95. The molecule has 25 heteroatoms. The van der Waals surface area contributed by atoms with Gasteiger partial charge in [0, 0.05) is 12.8 Å². The van der Waals surface area contributed by atoms with Crippen LogP contribution < -0.4 is 17.0 Å². The van der Waals surface area contributed by atoms with Gasteiger partial charge in [-0.2, -0.15) is 9.67 Å². The maximum Gasteiger partial charge on any atom is 0.326 e. The number of rotatable bonds is 10. The first-order valence-corrected chi connectivity index (χ1v) is 18.3. The number of ether oxygens (including phenoxy) is 3. The maximum absolute atomic E-state index is 12.4. The molecule has 3 aliphatic heterocycles. The molecule has 242 valence electrons. The van der Waals surface area contributed by atoms with Crippen LogP contribution in [0.4, 0.5) is 11.8 Å². The van der Waals surface area contributed by atoms with Gasteiger partial charge >= 0.3 is 13.4 Å². The van der Waals surface area contributed by atoms with E-state index < -0.39 is 42.7 Å². The standard InChI is InChI=1S/C20H25N11O10P2S2/c21-13-11-14(24-7-23-13)30(8-25-11)17-10-2-19(40-17,4-37-10)5-39-43(35,45)41-20(1-9(36-6-20)3-38-42(33,34)44)31-15-12(28-29-31)16(32)27-18(22)26-15/h7-10,17H,1-6H2,(H,35,45)(H2,21,23,24)(H2,33,34,44)(H3,22,26,27,32)/t9-,10+,17+,19+,20+,43?/m0/s1. The maximum atomic E-state index is 12.4. The van der Waals surface area contributed by atoms with Crippen molar-refractivity contribution in [1.29, 1.82) is 0 Å². The predicted octanol–water partition coefficient (Wildman–Crippen LogP) is -1.51. The summed E-state index contributed by atoms with van der Waals surface area (Å²) in [5.74, 6) is -0.00770. The summed E-state index contributed by atoms with van der Waals surface area (Å²) in [6.07, 6.45) is 1.26. The van der Waals surface area contributed by atoms with Crippen molar-refractivity contribution in [3.63, 3.8) is 0 Å². The van der Waals surface area contributed by atoms with Gasteiger partial charge in [0.2, 0.25) is 5.95 Å². The highest BCUT2D eigenvalue weighted by Gasteiger charge is 2.56. The third-order valence-corrected chi connectivity index (χ3v) is 9.86. The zero-order chi connectivity index (χ0) is 31.8. The second kappa shape index (κ2) is 11.0. The van der Waals surface area contributed by atoms with E-state index in [1.807, 2.05) is 0 Å². The Bertz CT molecular complexity index is 1960. The first kappa shape index (κ1) is 31.0. The average molecular weight is 706 g/mol. The Labute approximate surface area is 261 Å².